The van der Waals surface area contributed by atoms with E-state index in [9.17, 15) is 0 Å². The van der Waals surface area contributed by atoms with Crippen LogP contribution in [0.3, 0.4) is 0 Å². The first-order chi connectivity index (χ1) is 13.7. The number of aromatic nitrogens is 4. The summed E-state index contributed by atoms with van der Waals surface area (Å²) in [6.45, 7) is 2.06. The third-order valence-electron chi connectivity index (χ3n) is 4.97. The molecule has 0 saturated heterocycles. The van der Waals surface area contributed by atoms with Crippen LogP contribution in [-0.2, 0) is 6.42 Å². The zero-order chi connectivity index (χ0) is 19.1. The molecule has 0 aliphatic carbocycles. The zero-order valence-electron chi connectivity index (χ0n) is 15.5. The van der Waals surface area contributed by atoms with E-state index in [0.29, 0.717) is 18.2 Å². The van der Waals surface area contributed by atoms with Gasteiger partial charge in [0, 0.05) is 47.0 Å². The number of nitrogens with zero attached hydrogens (tertiary/aromatic N) is 2. The molecule has 0 spiro atoms. The molecule has 0 unspecified atom stereocenters. The first-order valence-electron chi connectivity index (χ1n) is 9.18. The molecule has 6 heteroatoms. The van der Waals surface area contributed by atoms with E-state index in [-0.39, 0.29) is 0 Å². The van der Waals surface area contributed by atoms with Gasteiger partial charge >= 0.3 is 0 Å². The molecule has 5 aromatic rings. The first-order valence-corrected chi connectivity index (χ1v) is 9.18. The van der Waals surface area contributed by atoms with Crippen molar-refractivity contribution in [1.29, 1.82) is 0 Å². The summed E-state index contributed by atoms with van der Waals surface area (Å²) < 4.78 is 0. The summed E-state index contributed by atoms with van der Waals surface area (Å²) in [4.78, 5) is 15.4. The molecule has 3 heterocycles. The number of nitrogens with two attached hydrogens (primary N) is 1. The summed E-state index contributed by atoms with van der Waals surface area (Å²) in [6.07, 6.45) is 6.36. The second-order valence-corrected chi connectivity index (χ2v) is 7.06. The molecule has 28 heavy (non-hydrogen) atoms. The van der Waals surface area contributed by atoms with Gasteiger partial charge in [0.05, 0.1) is 5.69 Å². The number of hydrogen-bond acceptors (Lipinski definition) is 4. The van der Waals surface area contributed by atoms with Crippen molar-refractivity contribution in [2.75, 3.05) is 11.1 Å². The lowest BCUT2D eigenvalue weighted by molar-refractivity contribution is 1.09. The van der Waals surface area contributed by atoms with Gasteiger partial charge in [0.1, 0.15) is 5.82 Å². The number of H-pyrrole nitrogens is 2. The number of aromatic amines is 2. The smallest absolute Gasteiger partial charge is 0.229 e. The summed E-state index contributed by atoms with van der Waals surface area (Å²) >= 11 is 0. The minimum atomic E-state index is 0.490. The fraction of sp³-hybridized carbons (Fsp3) is 0.0909. The van der Waals surface area contributed by atoms with Crippen LogP contribution < -0.4 is 11.1 Å². The van der Waals surface area contributed by atoms with Gasteiger partial charge in [-0.3, -0.25) is 0 Å². The van der Waals surface area contributed by atoms with Gasteiger partial charge in [-0.15, -0.1) is 0 Å². The van der Waals surface area contributed by atoms with Gasteiger partial charge in [-0.2, -0.15) is 4.98 Å². The number of benzene rings is 2. The van der Waals surface area contributed by atoms with Crippen molar-refractivity contribution >= 4 is 39.3 Å². The van der Waals surface area contributed by atoms with E-state index in [2.05, 4.69) is 68.6 Å². The van der Waals surface area contributed by atoms with Crippen LogP contribution in [0, 0.1) is 6.92 Å². The average molecular weight is 368 g/mol. The molecule has 138 valence electrons. The molecule has 5 rings (SSSR count). The maximum atomic E-state index is 6.23. The molecular weight excluding hydrogens is 348 g/mol. The van der Waals surface area contributed by atoms with Crippen molar-refractivity contribution in [3.05, 3.63) is 77.7 Å². The number of fused-ring (bicyclic) bond motifs is 2. The Morgan fingerprint density at radius 3 is 2.75 bits per heavy atom. The SMILES string of the molecule is Cc1cc(Nc2ncc(Cc3ccc4[nH]ccc4c3)c(N)n2)c2cc[nH]c2c1. The molecule has 0 radical (unpaired) electrons. The van der Waals surface area contributed by atoms with E-state index in [1.807, 2.05) is 18.5 Å². The lowest BCUT2D eigenvalue weighted by atomic mass is 10.1. The van der Waals surface area contributed by atoms with Crippen molar-refractivity contribution in [2.45, 2.75) is 13.3 Å². The summed E-state index contributed by atoms with van der Waals surface area (Å²) in [5.41, 5.74) is 12.6. The van der Waals surface area contributed by atoms with Gasteiger partial charge in [0.25, 0.3) is 0 Å². The summed E-state index contributed by atoms with van der Waals surface area (Å²) in [7, 11) is 0. The Kier molecular flexibility index (Phi) is 3.76. The lowest BCUT2D eigenvalue weighted by Gasteiger charge is -2.10. The number of anilines is 3. The maximum absolute atomic E-state index is 6.23. The summed E-state index contributed by atoms with van der Waals surface area (Å²) in [6, 6.07) is 14.6. The highest BCUT2D eigenvalue weighted by atomic mass is 15.1. The molecule has 2 aromatic carbocycles. The van der Waals surface area contributed by atoms with Crippen molar-refractivity contribution in [1.82, 2.24) is 19.9 Å². The molecule has 3 aromatic heterocycles. The summed E-state index contributed by atoms with van der Waals surface area (Å²) in [5, 5.41) is 5.58. The Bertz CT molecular complexity index is 1300. The van der Waals surface area contributed by atoms with E-state index in [0.717, 1.165) is 33.2 Å². The van der Waals surface area contributed by atoms with E-state index in [1.54, 1.807) is 6.20 Å². The van der Waals surface area contributed by atoms with Crippen molar-refractivity contribution in [2.24, 2.45) is 0 Å². The molecule has 0 fully saturated rings. The van der Waals surface area contributed by atoms with E-state index in [1.165, 1.54) is 10.9 Å². The van der Waals surface area contributed by atoms with Crippen LogP contribution in [0.5, 0.6) is 0 Å². The topological polar surface area (TPSA) is 95.4 Å². The van der Waals surface area contributed by atoms with Crippen LogP contribution >= 0.6 is 0 Å². The molecule has 0 amide bonds. The number of nitrogen functional groups attached to an aromatic ring is 1. The summed E-state index contributed by atoms with van der Waals surface area (Å²) in [5.74, 6) is 0.986. The monoisotopic (exact) mass is 368 g/mol. The van der Waals surface area contributed by atoms with E-state index < -0.39 is 0 Å². The van der Waals surface area contributed by atoms with Crippen molar-refractivity contribution in [3.8, 4) is 0 Å². The minimum Gasteiger partial charge on any atom is -0.383 e. The van der Waals surface area contributed by atoms with Gasteiger partial charge in [-0.25, -0.2) is 4.98 Å². The Labute approximate surface area is 161 Å². The number of aryl methyl sites for hydroxylation is 1. The zero-order valence-corrected chi connectivity index (χ0v) is 15.5. The van der Waals surface area contributed by atoms with Gasteiger partial charge in [0.15, 0.2) is 0 Å². The number of hydrogen-bond donors (Lipinski definition) is 4. The minimum absolute atomic E-state index is 0.490. The van der Waals surface area contributed by atoms with Gasteiger partial charge in [-0.1, -0.05) is 6.07 Å². The molecule has 5 N–H and O–H groups in total. The first kappa shape index (κ1) is 16.4. The third kappa shape index (κ3) is 2.95. The molecule has 0 aliphatic heterocycles. The Balaban J connectivity index is 1.42. The fourth-order valence-electron chi connectivity index (χ4n) is 3.58. The number of nitrogens with one attached hydrogen (secondary N) is 3. The van der Waals surface area contributed by atoms with Gasteiger partial charge < -0.3 is 21.0 Å². The average Bonchev–Trinajstić information content (AvgIpc) is 3.32. The standard InChI is InChI=1S/C22H20N6/c1-13-8-19-17(5-7-25-19)20(9-13)27-22-26-12-16(21(23)28-22)11-14-2-3-18-15(10-14)4-6-24-18/h2-10,12,24-25H,11H2,1H3,(H3,23,26,27,28). The maximum Gasteiger partial charge on any atom is 0.229 e. The molecule has 0 saturated carbocycles. The fourth-order valence-corrected chi connectivity index (χ4v) is 3.58. The highest BCUT2D eigenvalue weighted by Crippen LogP contribution is 2.27. The van der Waals surface area contributed by atoms with Gasteiger partial charge in [-0.05, 0) is 59.8 Å². The highest BCUT2D eigenvalue weighted by Gasteiger charge is 2.09. The predicted molar refractivity (Wildman–Crippen MR) is 114 cm³/mol. The highest BCUT2D eigenvalue weighted by molar-refractivity contribution is 5.93. The van der Waals surface area contributed by atoms with E-state index >= 15 is 0 Å². The molecule has 6 nitrogen and oxygen atoms in total. The van der Waals surface area contributed by atoms with Crippen LogP contribution in [0.2, 0.25) is 0 Å². The van der Waals surface area contributed by atoms with Crippen LogP contribution in [0.1, 0.15) is 16.7 Å². The van der Waals surface area contributed by atoms with Crippen LogP contribution in [0.25, 0.3) is 21.8 Å². The predicted octanol–water partition coefficient (Wildman–Crippen LogP) is 4.66. The molecule has 0 bridgehead atoms. The molecule has 0 aliphatic rings. The Hall–Kier alpha value is -3.80. The Morgan fingerprint density at radius 1 is 1.00 bits per heavy atom. The van der Waals surface area contributed by atoms with Crippen LogP contribution in [-0.4, -0.2) is 19.9 Å². The van der Waals surface area contributed by atoms with Crippen LogP contribution in [0.4, 0.5) is 17.5 Å². The Morgan fingerprint density at radius 2 is 1.86 bits per heavy atom. The largest absolute Gasteiger partial charge is 0.383 e. The number of rotatable bonds is 4. The third-order valence-corrected chi connectivity index (χ3v) is 4.97. The molecule has 0 atom stereocenters. The van der Waals surface area contributed by atoms with Crippen LogP contribution in [0.15, 0.2) is 61.1 Å². The quantitative estimate of drug-likeness (QED) is 0.371. The van der Waals surface area contributed by atoms with Crippen molar-refractivity contribution in [3.63, 3.8) is 0 Å². The van der Waals surface area contributed by atoms with Crippen molar-refractivity contribution < 1.29 is 0 Å². The molecular formula is C22H20N6. The second-order valence-electron chi connectivity index (χ2n) is 7.06. The van der Waals surface area contributed by atoms with Gasteiger partial charge in [0.2, 0.25) is 5.95 Å². The normalized spacial score (nSPS) is 11.3. The lowest BCUT2D eigenvalue weighted by Crippen LogP contribution is -2.05. The second kappa shape index (κ2) is 6.42. The van der Waals surface area contributed by atoms with E-state index in [4.69, 9.17) is 5.73 Å².